The molecule has 27 heavy (non-hydrogen) atoms. The van der Waals surface area contributed by atoms with Crippen molar-refractivity contribution >= 4 is 5.57 Å². The monoisotopic (exact) mass is 342 g/mol. The lowest BCUT2D eigenvalue weighted by atomic mass is 9.61. The van der Waals surface area contributed by atoms with Crippen LogP contribution in [-0.4, -0.2) is 0 Å². The second-order valence-electron chi connectivity index (χ2n) is 7.41. The van der Waals surface area contributed by atoms with Gasteiger partial charge in [0.15, 0.2) is 0 Å². The standard InChI is InChI=1S/C27H18/c1-18-19-10-2-6-14-23(19)27(24-15-7-3-11-20(18)24)25-16-8-4-12-21(25)22-13-5-9-17-26(22)27/h2-17H,1H2. The van der Waals surface area contributed by atoms with E-state index in [1.165, 1.54) is 44.5 Å². The zero-order valence-corrected chi connectivity index (χ0v) is 14.9. The van der Waals surface area contributed by atoms with Gasteiger partial charge in [0.2, 0.25) is 0 Å². The molecule has 2 aliphatic carbocycles. The Bertz CT molecular complexity index is 1150. The first-order valence-corrected chi connectivity index (χ1v) is 9.41. The van der Waals surface area contributed by atoms with Crippen LogP contribution in [0.1, 0.15) is 33.4 Å². The van der Waals surface area contributed by atoms with Gasteiger partial charge in [-0.25, -0.2) is 0 Å². The average Bonchev–Trinajstić information content (AvgIpc) is 3.04. The van der Waals surface area contributed by atoms with E-state index in [2.05, 4.69) is 104 Å². The molecule has 0 unspecified atom stereocenters. The highest BCUT2D eigenvalue weighted by Crippen LogP contribution is 2.60. The van der Waals surface area contributed by atoms with Crippen molar-refractivity contribution < 1.29 is 0 Å². The molecule has 0 fully saturated rings. The zero-order chi connectivity index (χ0) is 18.0. The van der Waals surface area contributed by atoms with E-state index >= 15 is 0 Å². The SMILES string of the molecule is C=C1c2ccccc2C2(c3ccccc31)c1ccccc1-c1ccccc12. The third-order valence-corrected chi connectivity index (χ3v) is 6.26. The summed E-state index contributed by atoms with van der Waals surface area (Å²) < 4.78 is 0. The second kappa shape index (κ2) is 5.08. The van der Waals surface area contributed by atoms with E-state index in [-0.39, 0.29) is 5.41 Å². The van der Waals surface area contributed by atoms with Gasteiger partial charge < -0.3 is 0 Å². The Morgan fingerprint density at radius 2 is 0.704 bits per heavy atom. The highest BCUT2D eigenvalue weighted by Gasteiger charge is 2.49. The van der Waals surface area contributed by atoms with Gasteiger partial charge in [-0.2, -0.15) is 0 Å². The van der Waals surface area contributed by atoms with Crippen LogP contribution in [0.15, 0.2) is 104 Å². The summed E-state index contributed by atoms with van der Waals surface area (Å²) in [5.74, 6) is 0. The average molecular weight is 342 g/mol. The molecule has 2 aliphatic rings. The van der Waals surface area contributed by atoms with Gasteiger partial charge in [-0.3, -0.25) is 0 Å². The first kappa shape index (κ1) is 14.8. The van der Waals surface area contributed by atoms with Crippen molar-refractivity contribution in [2.24, 2.45) is 0 Å². The molecule has 4 aromatic carbocycles. The molecule has 6 rings (SSSR count). The molecule has 0 N–H and O–H groups in total. The maximum atomic E-state index is 4.46. The molecule has 0 aliphatic heterocycles. The molecule has 1 spiro atoms. The van der Waals surface area contributed by atoms with Crippen molar-refractivity contribution in [2.75, 3.05) is 0 Å². The van der Waals surface area contributed by atoms with Gasteiger partial charge in [0, 0.05) is 0 Å². The maximum absolute atomic E-state index is 4.46. The van der Waals surface area contributed by atoms with Crippen molar-refractivity contribution in [1.29, 1.82) is 0 Å². The highest BCUT2D eigenvalue weighted by molar-refractivity contribution is 5.95. The number of fused-ring (bicyclic) bond motifs is 9. The molecule has 0 aromatic heterocycles. The summed E-state index contributed by atoms with van der Waals surface area (Å²) in [4.78, 5) is 0. The van der Waals surface area contributed by atoms with E-state index in [9.17, 15) is 0 Å². The summed E-state index contributed by atoms with van der Waals surface area (Å²) in [5.41, 5.74) is 11.4. The Kier molecular flexibility index (Phi) is 2.78. The lowest BCUT2D eigenvalue weighted by molar-refractivity contribution is 0.753. The summed E-state index contributed by atoms with van der Waals surface area (Å²) >= 11 is 0. The summed E-state index contributed by atoms with van der Waals surface area (Å²) in [5, 5.41) is 0. The quantitative estimate of drug-likeness (QED) is 0.298. The minimum absolute atomic E-state index is 0.276. The molecule has 0 heteroatoms. The third-order valence-electron chi connectivity index (χ3n) is 6.26. The zero-order valence-electron chi connectivity index (χ0n) is 14.9. The minimum atomic E-state index is -0.276. The van der Waals surface area contributed by atoms with Crippen molar-refractivity contribution in [2.45, 2.75) is 5.41 Å². The predicted molar refractivity (Wildman–Crippen MR) is 112 cm³/mol. The number of hydrogen-bond donors (Lipinski definition) is 0. The van der Waals surface area contributed by atoms with Crippen LogP contribution in [0, 0.1) is 0 Å². The van der Waals surface area contributed by atoms with E-state index in [1.807, 2.05) is 0 Å². The first-order valence-electron chi connectivity index (χ1n) is 9.41. The van der Waals surface area contributed by atoms with Gasteiger partial charge in [0.1, 0.15) is 0 Å². The van der Waals surface area contributed by atoms with Crippen molar-refractivity contribution in [1.82, 2.24) is 0 Å². The normalized spacial score (nSPS) is 15.0. The van der Waals surface area contributed by atoms with Crippen molar-refractivity contribution in [3.8, 4) is 11.1 Å². The Hall–Kier alpha value is -3.38. The van der Waals surface area contributed by atoms with E-state index in [4.69, 9.17) is 0 Å². The van der Waals surface area contributed by atoms with E-state index in [0.29, 0.717) is 0 Å². The largest absolute Gasteiger partial charge is 0.0905 e. The van der Waals surface area contributed by atoms with Crippen LogP contribution in [0.2, 0.25) is 0 Å². The maximum Gasteiger partial charge on any atom is 0.0725 e. The minimum Gasteiger partial charge on any atom is -0.0905 e. The molecule has 126 valence electrons. The van der Waals surface area contributed by atoms with Crippen LogP contribution in [0.4, 0.5) is 0 Å². The second-order valence-corrected chi connectivity index (χ2v) is 7.41. The topological polar surface area (TPSA) is 0 Å². The Balaban J connectivity index is 1.89. The van der Waals surface area contributed by atoms with Crippen LogP contribution in [0.5, 0.6) is 0 Å². The van der Waals surface area contributed by atoms with Crippen molar-refractivity contribution in [3.05, 3.63) is 137 Å². The van der Waals surface area contributed by atoms with Gasteiger partial charge >= 0.3 is 0 Å². The fraction of sp³-hybridized carbons (Fsp3) is 0.0370. The molecule has 0 nitrogen and oxygen atoms in total. The van der Waals surface area contributed by atoms with Crippen LogP contribution in [0.3, 0.4) is 0 Å². The molecule has 0 bridgehead atoms. The first-order chi connectivity index (χ1) is 13.3. The van der Waals surface area contributed by atoms with Gasteiger partial charge in [-0.1, -0.05) is 104 Å². The number of rotatable bonds is 0. The lowest BCUT2D eigenvalue weighted by Crippen LogP contribution is -2.33. The predicted octanol–water partition coefficient (Wildman–Crippen LogP) is 6.42. The molecular weight excluding hydrogens is 324 g/mol. The summed E-state index contributed by atoms with van der Waals surface area (Å²) in [6, 6.07) is 35.3. The molecular formula is C27H18. The third kappa shape index (κ3) is 1.64. The van der Waals surface area contributed by atoms with Gasteiger partial charge in [0.05, 0.1) is 5.41 Å². The molecule has 0 heterocycles. The van der Waals surface area contributed by atoms with Crippen LogP contribution in [0.25, 0.3) is 16.7 Å². The van der Waals surface area contributed by atoms with Gasteiger partial charge in [-0.15, -0.1) is 0 Å². The smallest absolute Gasteiger partial charge is 0.0725 e. The van der Waals surface area contributed by atoms with Crippen LogP contribution in [-0.2, 0) is 5.41 Å². The van der Waals surface area contributed by atoms with E-state index in [0.717, 1.165) is 5.57 Å². The van der Waals surface area contributed by atoms with E-state index < -0.39 is 0 Å². The fourth-order valence-corrected chi connectivity index (χ4v) is 5.25. The summed E-state index contributed by atoms with van der Waals surface area (Å²) in [7, 11) is 0. The molecule has 0 radical (unpaired) electrons. The van der Waals surface area contributed by atoms with Gasteiger partial charge in [0.25, 0.3) is 0 Å². The lowest BCUT2D eigenvalue weighted by Gasteiger charge is -2.40. The molecule has 4 aromatic rings. The number of benzene rings is 4. The highest BCUT2D eigenvalue weighted by atomic mass is 14.5. The Morgan fingerprint density at radius 1 is 0.407 bits per heavy atom. The van der Waals surface area contributed by atoms with E-state index in [1.54, 1.807) is 0 Å². The van der Waals surface area contributed by atoms with Crippen LogP contribution >= 0.6 is 0 Å². The van der Waals surface area contributed by atoms with Gasteiger partial charge in [-0.05, 0) is 50.1 Å². The Morgan fingerprint density at radius 3 is 1.11 bits per heavy atom. The summed E-state index contributed by atoms with van der Waals surface area (Å²) in [6.07, 6.45) is 0. The fourth-order valence-electron chi connectivity index (χ4n) is 5.25. The molecule has 0 amide bonds. The molecule has 0 saturated heterocycles. The number of hydrogen-bond acceptors (Lipinski definition) is 0. The Labute approximate surface area is 159 Å². The van der Waals surface area contributed by atoms with Crippen molar-refractivity contribution in [3.63, 3.8) is 0 Å². The summed E-state index contributed by atoms with van der Waals surface area (Å²) in [6.45, 7) is 4.46. The van der Waals surface area contributed by atoms with Crippen LogP contribution < -0.4 is 0 Å². The molecule has 0 atom stereocenters. The molecule has 0 saturated carbocycles.